The first-order valence-electron chi connectivity index (χ1n) is 3.81. The molecule has 0 aliphatic heterocycles. The number of benzene rings is 1. The Morgan fingerprint density at radius 1 is 1.33 bits per heavy atom. The summed E-state index contributed by atoms with van der Waals surface area (Å²) in [5, 5.41) is 0. The number of imidazole rings is 1. The molecule has 3 heteroatoms. The van der Waals surface area contributed by atoms with Crippen molar-refractivity contribution in [3.05, 3.63) is 30.6 Å². The van der Waals surface area contributed by atoms with Crippen LogP contribution in [0.2, 0.25) is 0 Å². The third kappa shape index (κ3) is 1.30. The molecule has 0 atom stereocenters. The van der Waals surface area contributed by atoms with Crippen molar-refractivity contribution in [2.75, 3.05) is 0 Å². The number of aromatic nitrogens is 2. The van der Waals surface area contributed by atoms with Gasteiger partial charge in [-0.25, -0.2) is 4.98 Å². The minimum Gasteiger partial charge on any atom is -0.331 e. The molecule has 0 saturated carbocycles. The van der Waals surface area contributed by atoms with Crippen LogP contribution in [-0.4, -0.2) is 9.55 Å². The van der Waals surface area contributed by atoms with E-state index in [1.807, 2.05) is 24.5 Å². The summed E-state index contributed by atoms with van der Waals surface area (Å²) in [5.74, 6) is 0. The van der Waals surface area contributed by atoms with Gasteiger partial charge in [0.25, 0.3) is 0 Å². The zero-order chi connectivity index (χ0) is 7.68. The largest absolute Gasteiger partial charge is 0.331 e. The van der Waals surface area contributed by atoms with E-state index in [4.69, 9.17) is 0 Å². The van der Waals surface area contributed by atoms with E-state index in [1.165, 1.54) is 5.52 Å². The lowest BCUT2D eigenvalue weighted by Gasteiger charge is -1.95. The number of nitrogens with zero attached hydrogens (tertiary/aromatic N) is 2. The molecule has 1 heterocycles. The van der Waals surface area contributed by atoms with E-state index in [0.717, 1.165) is 12.1 Å². The van der Waals surface area contributed by atoms with Gasteiger partial charge < -0.3 is 4.57 Å². The second-order valence-corrected chi connectivity index (χ2v) is 2.52. The summed E-state index contributed by atoms with van der Waals surface area (Å²) in [5.41, 5.74) is 2.30. The summed E-state index contributed by atoms with van der Waals surface area (Å²) in [6, 6.07) is 8.17. The van der Waals surface area contributed by atoms with Crippen LogP contribution in [0.1, 0.15) is 6.92 Å². The van der Waals surface area contributed by atoms with Gasteiger partial charge in [-0.3, -0.25) is 0 Å². The monoisotopic (exact) mass is 182 g/mol. The van der Waals surface area contributed by atoms with Gasteiger partial charge in [0, 0.05) is 6.54 Å². The highest BCUT2D eigenvalue weighted by atomic mass is 35.5. The molecule has 2 rings (SSSR count). The van der Waals surface area contributed by atoms with Crippen LogP contribution in [-0.2, 0) is 6.54 Å². The number of hydrogen-bond acceptors (Lipinski definition) is 1. The van der Waals surface area contributed by atoms with Crippen LogP contribution in [0.15, 0.2) is 30.6 Å². The Balaban J connectivity index is 0.000000720. The first-order valence-corrected chi connectivity index (χ1v) is 3.81. The van der Waals surface area contributed by atoms with Gasteiger partial charge in [0.1, 0.15) is 0 Å². The number of rotatable bonds is 1. The SMILES string of the molecule is CCn1cnc2ccccc21.Cl. The molecule has 0 spiro atoms. The summed E-state index contributed by atoms with van der Waals surface area (Å²) in [6.07, 6.45) is 1.88. The van der Waals surface area contributed by atoms with Gasteiger partial charge in [-0.05, 0) is 19.1 Å². The van der Waals surface area contributed by atoms with Crippen LogP contribution in [0.4, 0.5) is 0 Å². The molecule has 64 valence electrons. The summed E-state index contributed by atoms with van der Waals surface area (Å²) in [4.78, 5) is 4.25. The lowest BCUT2D eigenvalue weighted by Crippen LogP contribution is -1.89. The summed E-state index contributed by atoms with van der Waals surface area (Å²) < 4.78 is 2.13. The number of fused-ring (bicyclic) bond motifs is 1. The van der Waals surface area contributed by atoms with E-state index in [-0.39, 0.29) is 12.4 Å². The average Bonchev–Trinajstić information content (AvgIpc) is 2.47. The van der Waals surface area contributed by atoms with Crippen LogP contribution in [0, 0.1) is 0 Å². The Labute approximate surface area is 77.6 Å². The fourth-order valence-corrected chi connectivity index (χ4v) is 1.26. The van der Waals surface area contributed by atoms with Gasteiger partial charge >= 0.3 is 0 Å². The Kier molecular flexibility index (Phi) is 2.71. The first kappa shape index (κ1) is 9.07. The lowest BCUT2D eigenvalue weighted by atomic mass is 10.3. The van der Waals surface area contributed by atoms with Gasteiger partial charge in [0.2, 0.25) is 0 Å². The van der Waals surface area contributed by atoms with E-state index in [9.17, 15) is 0 Å². The first-order chi connectivity index (χ1) is 5.42. The average molecular weight is 183 g/mol. The van der Waals surface area contributed by atoms with E-state index >= 15 is 0 Å². The van der Waals surface area contributed by atoms with Crippen molar-refractivity contribution < 1.29 is 0 Å². The van der Waals surface area contributed by atoms with Crippen molar-refractivity contribution in [3.8, 4) is 0 Å². The van der Waals surface area contributed by atoms with E-state index in [0.29, 0.717) is 0 Å². The highest BCUT2D eigenvalue weighted by molar-refractivity contribution is 5.85. The molecular formula is C9H11ClN2. The number of aryl methyl sites for hydroxylation is 1. The highest BCUT2D eigenvalue weighted by Gasteiger charge is 1.96. The minimum atomic E-state index is 0. The molecule has 2 nitrogen and oxygen atoms in total. The highest BCUT2D eigenvalue weighted by Crippen LogP contribution is 2.10. The molecule has 0 fully saturated rings. The second kappa shape index (κ2) is 3.59. The predicted molar refractivity (Wildman–Crippen MR) is 52.7 cm³/mol. The van der Waals surface area contributed by atoms with E-state index in [2.05, 4.69) is 22.5 Å². The van der Waals surface area contributed by atoms with E-state index < -0.39 is 0 Å². The summed E-state index contributed by atoms with van der Waals surface area (Å²) in [6.45, 7) is 3.11. The fourth-order valence-electron chi connectivity index (χ4n) is 1.26. The fraction of sp³-hybridized carbons (Fsp3) is 0.222. The van der Waals surface area contributed by atoms with Crippen molar-refractivity contribution >= 4 is 23.4 Å². The summed E-state index contributed by atoms with van der Waals surface area (Å²) in [7, 11) is 0. The van der Waals surface area contributed by atoms with E-state index in [1.54, 1.807) is 0 Å². The number of hydrogen-bond donors (Lipinski definition) is 0. The molecule has 0 saturated heterocycles. The lowest BCUT2D eigenvalue weighted by molar-refractivity contribution is 0.787. The molecule has 0 radical (unpaired) electrons. The van der Waals surface area contributed by atoms with Gasteiger partial charge in [-0.15, -0.1) is 12.4 Å². The van der Waals surface area contributed by atoms with Crippen molar-refractivity contribution in [1.82, 2.24) is 9.55 Å². The third-order valence-corrected chi connectivity index (χ3v) is 1.87. The molecule has 1 aromatic heterocycles. The van der Waals surface area contributed by atoms with Crippen molar-refractivity contribution in [1.29, 1.82) is 0 Å². The minimum absolute atomic E-state index is 0. The van der Waals surface area contributed by atoms with Crippen LogP contribution < -0.4 is 0 Å². The number of para-hydroxylation sites is 2. The standard InChI is InChI=1S/C9H10N2.ClH/c1-2-11-7-10-8-5-3-4-6-9(8)11;/h3-7H,2H2,1H3;1H. The van der Waals surface area contributed by atoms with Crippen LogP contribution in [0.5, 0.6) is 0 Å². The van der Waals surface area contributed by atoms with Gasteiger partial charge in [0.15, 0.2) is 0 Å². The zero-order valence-electron chi connectivity index (χ0n) is 6.90. The Bertz CT molecular complexity index is 367. The zero-order valence-corrected chi connectivity index (χ0v) is 7.71. The van der Waals surface area contributed by atoms with Crippen molar-refractivity contribution in [3.63, 3.8) is 0 Å². The van der Waals surface area contributed by atoms with Gasteiger partial charge in [-0.2, -0.15) is 0 Å². The maximum atomic E-state index is 4.25. The molecule has 12 heavy (non-hydrogen) atoms. The molecule has 2 aromatic rings. The van der Waals surface area contributed by atoms with Crippen LogP contribution in [0.3, 0.4) is 0 Å². The van der Waals surface area contributed by atoms with Crippen molar-refractivity contribution in [2.45, 2.75) is 13.5 Å². The smallest absolute Gasteiger partial charge is 0.0958 e. The number of halogens is 1. The molecule has 0 amide bonds. The molecule has 0 aliphatic carbocycles. The Hall–Kier alpha value is -1.02. The Morgan fingerprint density at radius 2 is 2.08 bits per heavy atom. The molecule has 0 bridgehead atoms. The topological polar surface area (TPSA) is 17.8 Å². The molecule has 1 aromatic carbocycles. The van der Waals surface area contributed by atoms with Crippen LogP contribution >= 0.6 is 12.4 Å². The Morgan fingerprint density at radius 3 is 2.83 bits per heavy atom. The maximum absolute atomic E-state index is 4.25. The third-order valence-electron chi connectivity index (χ3n) is 1.87. The quantitative estimate of drug-likeness (QED) is 0.663. The summed E-state index contributed by atoms with van der Waals surface area (Å²) >= 11 is 0. The second-order valence-electron chi connectivity index (χ2n) is 2.52. The predicted octanol–water partition coefficient (Wildman–Crippen LogP) is 2.48. The van der Waals surface area contributed by atoms with Crippen molar-refractivity contribution in [2.24, 2.45) is 0 Å². The molecule has 0 aliphatic rings. The molecule has 0 unspecified atom stereocenters. The van der Waals surface area contributed by atoms with Gasteiger partial charge in [0.05, 0.1) is 17.4 Å². The van der Waals surface area contributed by atoms with Crippen LogP contribution in [0.25, 0.3) is 11.0 Å². The normalized spacial score (nSPS) is 9.75. The molecule has 0 N–H and O–H groups in total. The van der Waals surface area contributed by atoms with Gasteiger partial charge in [-0.1, -0.05) is 12.1 Å². The molecular weight excluding hydrogens is 172 g/mol. The maximum Gasteiger partial charge on any atom is 0.0958 e.